The molecule has 0 aromatic rings. The lowest BCUT2D eigenvalue weighted by Crippen LogP contribution is -2.46. The lowest BCUT2D eigenvalue weighted by atomic mass is 9.75. The van der Waals surface area contributed by atoms with Crippen LogP contribution in [0.15, 0.2) is 4.99 Å². The molecule has 1 spiro atoms. The van der Waals surface area contributed by atoms with E-state index in [1.807, 2.05) is 13.8 Å². The second-order valence-corrected chi connectivity index (χ2v) is 6.70. The number of likely N-dealkylation sites (N-methyl/N-ethyl adjacent to an activating group) is 1. The largest absolute Gasteiger partial charge is 0.355 e. The molecule has 1 heterocycles. The van der Waals surface area contributed by atoms with Gasteiger partial charge in [0, 0.05) is 18.8 Å². The molecule has 0 aromatic heterocycles. The van der Waals surface area contributed by atoms with E-state index in [1.54, 1.807) is 11.8 Å². The van der Waals surface area contributed by atoms with Crippen LogP contribution < -0.4 is 10.6 Å². The summed E-state index contributed by atoms with van der Waals surface area (Å²) in [5.41, 5.74) is 0.447. The third kappa shape index (κ3) is 3.88. The van der Waals surface area contributed by atoms with Crippen molar-refractivity contribution >= 4 is 22.8 Å². The molecule has 2 rings (SSSR count). The molecular weight excluding hydrogens is 258 g/mol. The van der Waals surface area contributed by atoms with Crippen molar-refractivity contribution in [2.45, 2.75) is 52.0 Å². The zero-order valence-electron chi connectivity index (χ0n) is 12.0. The molecule has 0 aromatic carbocycles. The molecule has 1 aliphatic heterocycles. The van der Waals surface area contributed by atoms with E-state index in [9.17, 15) is 4.79 Å². The van der Waals surface area contributed by atoms with E-state index in [0.717, 1.165) is 17.5 Å². The standard InChI is InChI=1S/C14H25N3OS/c1-3-15-12(18)11(2)17-13-16-9-14(10-19-13)7-5-4-6-8-14/h11H,3-10H2,1-2H3,(H,15,18)(H,16,17). The predicted octanol–water partition coefficient (Wildman–Crippen LogP) is 2.15. The lowest BCUT2D eigenvalue weighted by molar-refractivity contribution is -0.122. The van der Waals surface area contributed by atoms with Crippen LogP contribution >= 0.6 is 11.8 Å². The Morgan fingerprint density at radius 3 is 2.74 bits per heavy atom. The predicted molar refractivity (Wildman–Crippen MR) is 81.6 cm³/mol. The van der Waals surface area contributed by atoms with Gasteiger partial charge in [-0.2, -0.15) is 0 Å². The van der Waals surface area contributed by atoms with Gasteiger partial charge in [0.1, 0.15) is 6.04 Å². The molecule has 4 nitrogen and oxygen atoms in total. The maximum atomic E-state index is 11.7. The van der Waals surface area contributed by atoms with Gasteiger partial charge in [0.05, 0.1) is 0 Å². The molecule has 5 heteroatoms. The van der Waals surface area contributed by atoms with E-state index in [0.29, 0.717) is 12.0 Å². The summed E-state index contributed by atoms with van der Waals surface area (Å²) in [5, 5.41) is 6.99. The van der Waals surface area contributed by atoms with E-state index in [4.69, 9.17) is 0 Å². The second kappa shape index (κ2) is 6.64. The first-order valence-electron chi connectivity index (χ1n) is 7.37. The zero-order chi connectivity index (χ0) is 13.7. The average molecular weight is 283 g/mol. The Kier molecular flexibility index (Phi) is 5.13. The summed E-state index contributed by atoms with van der Waals surface area (Å²) >= 11 is 1.79. The van der Waals surface area contributed by atoms with Crippen LogP contribution in [0.1, 0.15) is 46.0 Å². The highest BCUT2D eigenvalue weighted by Gasteiger charge is 2.35. The highest BCUT2D eigenvalue weighted by molar-refractivity contribution is 8.13. The number of nitrogens with one attached hydrogen (secondary N) is 2. The van der Waals surface area contributed by atoms with E-state index in [1.165, 1.54) is 32.1 Å². The quantitative estimate of drug-likeness (QED) is 0.834. The van der Waals surface area contributed by atoms with Crippen LogP contribution in [0.5, 0.6) is 0 Å². The minimum absolute atomic E-state index is 0.0451. The van der Waals surface area contributed by atoms with Crippen molar-refractivity contribution < 1.29 is 4.79 Å². The topological polar surface area (TPSA) is 53.5 Å². The monoisotopic (exact) mass is 283 g/mol. The first kappa shape index (κ1) is 14.7. The Morgan fingerprint density at radius 2 is 2.16 bits per heavy atom. The lowest BCUT2D eigenvalue weighted by Gasteiger charge is -2.38. The van der Waals surface area contributed by atoms with Gasteiger partial charge in [-0.3, -0.25) is 9.79 Å². The van der Waals surface area contributed by atoms with Crippen molar-refractivity contribution in [1.29, 1.82) is 0 Å². The third-order valence-corrected chi connectivity index (χ3v) is 5.35. The Hall–Kier alpha value is -0.710. The molecule has 1 fully saturated rings. The van der Waals surface area contributed by atoms with Crippen LogP contribution in [0.4, 0.5) is 0 Å². The fraction of sp³-hybridized carbons (Fsp3) is 0.857. The summed E-state index contributed by atoms with van der Waals surface area (Å²) in [6, 6.07) is -0.202. The van der Waals surface area contributed by atoms with Crippen LogP contribution in [-0.4, -0.2) is 36.0 Å². The molecule has 19 heavy (non-hydrogen) atoms. The number of hydrogen-bond donors (Lipinski definition) is 2. The number of hydrogen-bond acceptors (Lipinski definition) is 4. The maximum Gasteiger partial charge on any atom is 0.242 e. The van der Waals surface area contributed by atoms with E-state index in [-0.39, 0.29) is 11.9 Å². The first-order chi connectivity index (χ1) is 9.15. The van der Waals surface area contributed by atoms with Gasteiger partial charge in [0.25, 0.3) is 0 Å². The molecule has 2 aliphatic rings. The highest BCUT2D eigenvalue weighted by Crippen LogP contribution is 2.41. The van der Waals surface area contributed by atoms with Crippen molar-refractivity contribution in [2.75, 3.05) is 18.8 Å². The summed E-state index contributed by atoms with van der Waals surface area (Å²) < 4.78 is 0. The number of amidine groups is 1. The molecule has 0 bridgehead atoms. The van der Waals surface area contributed by atoms with Crippen LogP contribution in [-0.2, 0) is 4.79 Å². The first-order valence-corrected chi connectivity index (χ1v) is 8.35. The molecule has 108 valence electrons. The van der Waals surface area contributed by atoms with Gasteiger partial charge in [-0.1, -0.05) is 31.0 Å². The highest BCUT2D eigenvalue weighted by atomic mass is 32.2. The second-order valence-electron chi connectivity index (χ2n) is 5.73. The number of carbonyl (C=O) groups excluding carboxylic acids is 1. The number of nitrogens with zero attached hydrogens (tertiary/aromatic N) is 1. The van der Waals surface area contributed by atoms with Crippen molar-refractivity contribution in [3.63, 3.8) is 0 Å². The minimum Gasteiger partial charge on any atom is -0.355 e. The van der Waals surface area contributed by atoms with Gasteiger partial charge in [0.15, 0.2) is 5.17 Å². The van der Waals surface area contributed by atoms with Crippen molar-refractivity contribution in [2.24, 2.45) is 10.4 Å². The smallest absolute Gasteiger partial charge is 0.242 e. The summed E-state index contributed by atoms with van der Waals surface area (Å²) in [7, 11) is 0. The summed E-state index contributed by atoms with van der Waals surface area (Å²) in [5.74, 6) is 1.20. The molecule has 2 N–H and O–H groups in total. The minimum atomic E-state index is -0.202. The number of rotatable bonds is 3. The molecule has 1 aliphatic carbocycles. The van der Waals surface area contributed by atoms with Crippen molar-refractivity contribution in [3.8, 4) is 0 Å². The molecule has 0 saturated heterocycles. The van der Waals surface area contributed by atoms with Gasteiger partial charge in [-0.15, -0.1) is 0 Å². The maximum absolute atomic E-state index is 11.7. The fourth-order valence-electron chi connectivity index (χ4n) is 2.82. The number of amides is 1. The van der Waals surface area contributed by atoms with Gasteiger partial charge in [-0.25, -0.2) is 0 Å². The molecule has 1 unspecified atom stereocenters. The van der Waals surface area contributed by atoms with Gasteiger partial charge < -0.3 is 10.6 Å². The van der Waals surface area contributed by atoms with Gasteiger partial charge >= 0.3 is 0 Å². The summed E-state index contributed by atoms with van der Waals surface area (Å²) in [6.07, 6.45) is 6.74. The fourth-order valence-corrected chi connectivity index (χ4v) is 4.06. The molecular formula is C14H25N3OS. The van der Waals surface area contributed by atoms with Gasteiger partial charge in [0.2, 0.25) is 5.91 Å². The summed E-state index contributed by atoms with van der Waals surface area (Å²) in [4.78, 5) is 16.4. The van der Waals surface area contributed by atoms with Crippen molar-refractivity contribution in [1.82, 2.24) is 10.6 Å². The molecule has 1 saturated carbocycles. The molecule has 1 amide bonds. The number of carbonyl (C=O) groups is 1. The van der Waals surface area contributed by atoms with Crippen LogP contribution in [0.3, 0.4) is 0 Å². The Morgan fingerprint density at radius 1 is 1.42 bits per heavy atom. The zero-order valence-corrected chi connectivity index (χ0v) is 12.8. The molecule has 0 radical (unpaired) electrons. The Bertz CT molecular complexity index is 351. The SMILES string of the molecule is CCNC(=O)C(C)NC1=NCC2(CCCCC2)CS1. The third-order valence-electron chi connectivity index (χ3n) is 4.07. The van der Waals surface area contributed by atoms with E-state index >= 15 is 0 Å². The van der Waals surface area contributed by atoms with E-state index < -0.39 is 0 Å². The Labute approximate surface area is 120 Å². The normalized spacial score (nSPS) is 23.6. The number of thioether (sulfide) groups is 1. The van der Waals surface area contributed by atoms with Crippen LogP contribution in [0, 0.1) is 5.41 Å². The van der Waals surface area contributed by atoms with Crippen molar-refractivity contribution in [3.05, 3.63) is 0 Å². The average Bonchev–Trinajstić information content (AvgIpc) is 2.43. The summed E-state index contributed by atoms with van der Waals surface area (Å²) in [6.45, 7) is 5.43. The molecule has 1 atom stereocenters. The number of aliphatic imine (C=N–C) groups is 1. The Balaban J connectivity index is 1.85. The van der Waals surface area contributed by atoms with Crippen LogP contribution in [0.25, 0.3) is 0 Å². The van der Waals surface area contributed by atoms with Gasteiger partial charge in [-0.05, 0) is 32.1 Å². The van der Waals surface area contributed by atoms with E-state index in [2.05, 4.69) is 15.6 Å². The van der Waals surface area contributed by atoms with Crippen LogP contribution in [0.2, 0.25) is 0 Å².